The van der Waals surface area contributed by atoms with Crippen molar-refractivity contribution in [3.63, 3.8) is 0 Å². The van der Waals surface area contributed by atoms with E-state index in [2.05, 4.69) is 32.7 Å². The highest BCUT2D eigenvalue weighted by Crippen LogP contribution is 2.30. The van der Waals surface area contributed by atoms with Gasteiger partial charge in [0.1, 0.15) is 5.60 Å². The number of aryl methyl sites for hydroxylation is 1. The van der Waals surface area contributed by atoms with Crippen LogP contribution >= 0.6 is 22.6 Å². The molecule has 3 aromatic heterocycles. The van der Waals surface area contributed by atoms with Crippen molar-refractivity contribution in [3.8, 4) is 11.1 Å². The van der Waals surface area contributed by atoms with E-state index in [0.29, 0.717) is 5.65 Å². The molecular formula is C17H19IN4O2. The Morgan fingerprint density at radius 1 is 1.25 bits per heavy atom. The third-order valence-electron chi connectivity index (χ3n) is 3.58. The van der Waals surface area contributed by atoms with Gasteiger partial charge in [-0.1, -0.05) is 0 Å². The highest BCUT2D eigenvalue weighted by atomic mass is 127. The van der Waals surface area contributed by atoms with E-state index >= 15 is 0 Å². The molecule has 0 aliphatic carbocycles. The first kappa shape index (κ1) is 16.9. The average Bonchev–Trinajstić information content (AvgIpc) is 3.00. The van der Waals surface area contributed by atoms with Gasteiger partial charge in [0.05, 0.1) is 6.20 Å². The van der Waals surface area contributed by atoms with Gasteiger partial charge in [0.15, 0.2) is 5.65 Å². The molecule has 0 bridgehead atoms. The van der Waals surface area contributed by atoms with Gasteiger partial charge in [-0.3, -0.25) is 4.68 Å². The molecule has 0 aliphatic rings. The van der Waals surface area contributed by atoms with Gasteiger partial charge < -0.3 is 4.74 Å². The standard InChI is InChI=1S/C17H19IN4O2/c1-10-14(18)13-6-11(12-8-20-21(5)9-12)7-19-15(13)22(10)16(23)24-17(2,3)4/h6-9H,1-5H3. The summed E-state index contributed by atoms with van der Waals surface area (Å²) in [5.74, 6) is 0. The summed E-state index contributed by atoms with van der Waals surface area (Å²) < 4.78 is 9.79. The Hall–Kier alpha value is -1.90. The number of fused-ring (bicyclic) bond motifs is 1. The molecule has 3 aromatic rings. The van der Waals surface area contributed by atoms with Crippen LogP contribution in [0.1, 0.15) is 26.5 Å². The lowest BCUT2D eigenvalue weighted by molar-refractivity contribution is 0.0540. The summed E-state index contributed by atoms with van der Waals surface area (Å²) >= 11 is 2.25. The second-order valence-corrected chi connectivity index (χ2v) is 7.79. The molecule has 0 aliphatic heterocycles. The first-order valence-electron chi connectivity index (χ1n) is 7.56. The zero-order valence-electron chi connectivity index (χ0n) is 14.3. The fraction of sp³-hybridized carbons (Fsp3) is 0.353. The monoisotopic (exact) mass is 438 g/mol. The van der Waals surface area contributed by atoms with Crippen LogP contribution in [0, 0.1) is 10.5 Å². The second-order valence-electron chi connectivity index (χ2n) is 6.71. The van der Waals surface area contributed by atoms with Crippen molar-refractivity contribution in [3.05, 3.63) is 33.9 Å². The maximum Gasteiger partial charge on any atom is 0.420 e. The average molecular weight is 438 g/mol. The van der Waals surface area contributed by atoms with Crippen molar-refractivity contribution >= 4 is 39.7 Å². The lowest BCUT2D eigenvalue weighted by Crippen LogP contribution is -2.27. The third-order valence-corrected chi connectivity index (χ3v) is 4.94. The molecule has 6 nitrogen and oxygen atoms in total. The van der Waals surface area contributed by atoms with Crippen LogP contribution in [0.5, 0.6) is 0 Å². The van der Waals surface area contributed by atoms with Gasteiger partial charge in [-0.05, 0) is 56.4 Å². The Morgan fingerprint density at radius 2 is 1.96 bits per heavy atom. The zero-order chi connectivity index (χ0) is 17.6. The molecule has 0 unspecified atom stereocenters. The Morgan fingerprint density at radius 3 is 2.54 bits per heavy atom. The number of carbonyl (C=O) groups excluding carboxylic acids is 1. The van der Waals surface area contributed by atoms with Gasteiger partial charge in [0.25, 0.3) is 0 Å². The van der Waals surface area contributed by atoms with Crippen LogP contribution in [0.2, 0.25) is 0 Å². The number of rotatable bonds is 1. The van der Waals surface area contributed by atoms with E-state index in [9.17, 15) is 4.79 Å². The first-order valence-corrected chi connectivity index (χ1v) is 8.64. The molecule has 126 valence electrons. The van der Waals surface area contributed by atoms with Crippen LogP contribution in [0.25, 0.3) is 22.2 Å². The van der Waals surface area contributed by atoms with Crippen LogP contribution in [-0.4, -0.2) is 31.0 Å². The fourth-order valence-electron chi connectivity index (χ4n) is 2.51. The summed E-state index contributed by atoms with van der Waals surface area (Å²) in [7, 11) is 1.88. The highest BCUT2D eigenvalue weighted by molar-refractivity contribution is 14.1. The Bertz CT molecular complexity index is 934. The maximum absolute atomic E-state index is 12.6. The van der Waals surface area contributed by atoms with E-state index in [1.165, 1.54) is 4.57 Å². The number of pyridine rings is 1. The zero-order valence-corrected chi connectivity index (χ0v) is 16.5. The fourth-order valence-corrected chi connectivity index (χ4v) is 3.15. The molecule has 7 heteroatoms. The van der Waals surface area contributed by atoms with E-state index < -0.39 is 11.7 Å². The number of aromatic nitrogens is 4. The lowest BCUT2D eigenvalue weighted by Gasteiger charge is -2.20. The van der Waals surface area contributed by atoms with Crippen LogP contribution in [-0.2, 0) is 11.8 Å². The summed E-state index contributed by atoms with van der Waals surface area (Å²) in [6.07, 6.45) is 5.09. The topological polar surface area (TPSA) is 61.9 Å². The molecule has 0 aromatic carbocycles. The minimum absolute atomic E-state index is 0.408. The Kier molecular flexibility index (Phi) is 4.15. The Labute approximate surface area is 154 Å². The van der Waals surface area contributed by atoms with Crippen molar-refractivity contribution < 1.29 is 9.53 Å². The molecule has 0 radical (unpaired) electrons. The molecule has 0 atom stereocenters. The third kappa shape index (κ3) is 3.04. The molecule has 0 amide bonds. The predicted molar refractivity (Wildman–Crippen MR) is 101 cm³/mol. The summed E-state index contributed by atoms with van der Waals surface area (Å²) in [6, 6.07) is 2.04. The minimum atomic E-state index is -0.554. The summed E-state index contributed by atoms with van der Waals surface area (Å²) in [5.41, 5.74) is 2.84. The maximum atomic E-state index is 12.6. The van der Waals surface area contributed by atoms with Gasteiger partial charge in [0.2, 0.25) is 0 Å². The number of carbonyl (C=O) groups is 1. The van der Waals surface area contributed by atoms with Crippen LogP contribution in [0.15, 0.2) is 24.7 Å². The van der Waals surface area contributed by atoms with Crippen LogP contribution < -0.4 is 0 Å². The molecule has 3 heterocycles. The van der Waals surface area contributed by atoms with Crippen LogP contribution in [0.3, 0.4) is 0 Å². The summed E-state index contributed by atoms with van der Waals surface area (Å²) in [5, 5.41) is 5.13. The van der Waals surface area contributed by atoms with Gasteiger partial charge in [-0.25, -0.2) is 14.3 Å². The van der Waals surface area contributed by atoms with E-state index in [4.69, 9.17) is 4.74 Å². The van der Waals surface area contributed by atoms with Gasteiger partial charge in [-0.15, -0.1) is 0 Å². The van der Waals surface area contributed by atoms with Crippen molar-refractivity contribution in [2.75, 3.05) is 0 Å². The number of hydrogen-bond donors (Lipinski definition) is 0. The molecule has 0 spiro atoms. The quantitative estimate of drug-likeness (QED) is 0.536. The van der Waals surface area contributed by atoms with Crippen molar-refractivity contribution in [1.82, 2.24) is 19.3 Å². The second kappa shape index (κ2) is 5.87. The van der Waals surface area contributed by atoms with E-state index in [0.717, 1.165) is 25.8 Å². The van der Waals surface area contributed by atoms with E-state index in [1.807, 2.05) is 47.0 Å². The number of halogens is 1. The van der Waals surface area contributed by atoms with Gasteiger partial charge in [-0.2, -0.15) is 5.10 Å². The van der Waals surface area contributed by atoms with Gasteiger partial charge >= 0.3 is 6.09 Å². The molecule has 0 fully saturated rings. The number of hydrogen-bond acceptors (Lipinski definition) is 4. The molecule has 0 N–H and O–H groups in total. The molecular weight excluding hydrogens is 419 g/mol. The van der Waals surface area contributed by atoms with Gasteiger partial charge in [0, 0.05) is 45.2 Å². The normalized spacial score (nSPS) is 11.9. The number of nitrogens with zero attached hydrogens (tertiary/aromatic N) is 4. The summed E-state index contributed by atoms with van der Waals surface area (Å²) in [4.78, 5) is 17.1. The van der Waals surface area contributed by atoms with Crippen LogP contribution in [0.4, 0.5) is 4.79 Å². The SMILES string of the molecule is Cc1c(I)c2cc(-c3cnn(C)c3)cnc2n1C(=O)OC(C)(C)C. The van der Waals surface area contributed by atoms with Crippen molar-refractivity contribution in [1.29, 1.82) is 0 Å². The first-order chi connectivity index (χ1) is 11.2. The molecule has 3 rings (SSSR count). The van der Waals surface area contributed by atoms with Crippen molar-refractivity contribution in [2.24, 2.45) is 7.05 Å². The lowest BCUT2D eigenvalue weighted by atomic mass is 10.1. The smallest absolute Gasteiger partial charge is 0.420 e. The van der Waals surface area contributed by atoms with E-state index in [-0.39, 0.29) is 0 Å². The molecule has 0 saturated heterocycles. The van der Waals surface area contributed by atoms with Crippen molar-refractivity contribution in [2.45, 2.75) is 33.3 Å². The summed E-state index contributed by atoms with van der Waals surface area (Å²) in [6.45, 7) is 7.46. The minimum Gasteiger partial charge on any atom is -0.443 e. The largest absolute Gasteiger partial charge is 0.443 e. The molecule has 0 saturated carbocycles. The number of ether oxygens (including phenoxy) is 1. The highest BCUT2D eigenvalue weighted by Gasteiger charge is 2.24. The predicted octanol–water partition coefficient (Wildman–Crippen LogP) is 4.13. The molecule has 24 heavy (non-hydrogen) atoms. The Balaban J connectivity index is 2.13. The van der Waals surface area contributed by atoms with E-state index in [1.54, 1.807) is 17.1 Å².